The van der Waals surface area contributed by atoms with Gasteiger partial charge in [-0.15, -0.1) is 0 Å². The van der Waals surface area contributed by atoms with Gasteiger partial charge in [0.1, 0.15) is 5.75 Å². The molecule has 94 valence electrons. The molecule has 0 radical (unpaired) electrons. The van der Waals surface area contributed by atoms with Crippen LogP contribution in [-0.2, 0) is 0 Å². The van der Waals surface area contributed by atoms with E-state index >= 15 is 0 Å². The van der Waals surface area contributed by atoms with Gasteiger partial charge >= 0.3 is 0 Å². The van der Waals surface area contributed by atoms with Gasteiger partial charge in [0.2, 0.25) is 0 Å². The van der Waals surface area contributed by atoms with Gasteiger partial charge in [0, 0.05) is 10.9 Å². The first-order valence-corrected chi connectivity index (χ1v) is 6.57. The van der Waals surface area contributed by atoms with Crippen LogP contribution in [0.3, 0.4) is 0 Å². The van der Waals surface area contributed by atoms with Crippen molar-refractivity contribution in [3.63, 3.8) is 0 Å². The SMILES string of the molecule is CCOc1ccc(C(C)c2ccccc2Cl)cc1. The van der Waals surface area contributed by atoms with Gasteiger partial charge < -0.3 is 4.74 Å². The average molecular weight is 261 g/mol. The van der Waals surface area contributed by atoms with Crippen LogP contribution >= 0.6 is 11.6 Å². The Morgan fingerprint density at radius 2 is 1.72 bits per heavy atom. The molecule has 18 heavy (non-hydrogen) atoms. The molecule has 0 N–H and O–H groups in total. The number of ether oxygens (including phenoxy) is 1. The Labute approximate surface area is 113 Å². The predicted molar refractivity (Wildman–Crippen MR) is 76.6 cm³/mol. The molecular weight excluding hydrogens is 244 g/mol. The van der Waals surface area contributed by atoms with Crippen molar-refractivity contribution in [1.29, 1.82) is 0 Å². The highest BCUT2D eigenvalue weighted by atomic mass is 35.5. The summed E-state index contributed by atoms with van der Waals surface area (Å²) < 4.78 is 5.44. The minimum atomic E-state index is 0.286. The Bertz CT molecular complexity index is 505. The summed E-state index contributed by atoms with van der Waals surface area (Å²) in [7, 11) is 0. The third-order valence-electron chi connectivity index (χ3n) is 3.06. The summed E-state index contributed by atoms with van der Waals surface area (Å²) >= 11 is 6.23. The van der Waals surface area contributed by atoms with E-state index in [1.165, 1.54) is 5.56 Å². The summed E-state index contributed by atoms with van der Waals surface area (Å²) in [5.41, 5.74) is 2.40. The van der Waals surface area contributed by atoms with Crippen LogP contribution < -0.4 is 4.74 Å². The van der Waals surface area contributed by atoms with Gasteiger partial charge in [-0.2, -0.15) is 0 Å². The van der Waals surface area contributed by atoms with Crippen molar-refractivity contribution in [2.45, 2.75) is 19.8 Å². The van der Waals surface area contributed by atoms with Crippen LogP contribution in [0.25, 0.3) is 0 Å². The van der Waals surface area contributed by atoms with Crippen molar-refractivity contribution < 1.29 is 4.74 Å². The van der Waals surface area contributed by atoms with Gasteiger partial charge in [-0.1, -0.05) is 48.9 Å². The van der Waals surface area contributed by atoms with E-state index in [0.717, 1.165) is 16.3 Å². The second-order valence-corrected chi connectivity index (χ2v) is 4.65. The van der Waals surface area contributed by atoms with Crippen LogP contribution in [0.5, 0.6) is 5.75 Å². The topological polar surface area (TPSA) is 9.23 Å². The normalized spacial score (nSPS) is 12.2. The average Bonchev–Trinajstić information content (AvgIpc) is 2.40. The largest absolute Gasteiger partial charge is 0.494 e. The lowest BCUT2D eigenvalue weighted by Crippen LogP contribution is -1.97. The highest BCUT2D eigenvalue weighted by Crippen LogP contribution is 2.30. The van der Waals surface area contributed by atoms with Crippen molar-refractivity contribution in [3.8, 4) is 5.75 Å². The first kappa shape index (κ1) is 13.0. The van der Waals surface area contributed by atoms with Crippen LogP contribution in [-0.4, -0.2) is 6.61 Å². The Morgan fingerprint density at radius 1 is 1.06 bits per heavy atom. The summed E-state index contributed by atoms with van der Waals surface area (Å²) in [6.07, 6.45) is 0. The molecule has 2 aromatic carbocycles. The Hall–Kier alpha value is -1.47. The second-order valence-electron chi connectivity index (χ2n) is 4.25. The first-order chi connectivity index (χ1) is 8.72. The number of benzene rings is 2. The number of hydrogen-bond acceptors (Lipinski definition) is 1. The van der Waals surface area contributed by atoms with Crippen molar-refractivity contribution in [2.75, 3.05) is 6.61 Å². The third kappa shape index (κ3) is 2.85. The second kappa shape index (κ2) is 5.92. The van der Waals surface area contributed by atoms with E-state index in [4.69, 9.17) is 16.3 Å². The van der Waals surface area contributed by atoms with E-state index in [1.807, 2.05) is 37.3 Å². The molecule has 1 unspecified atom stereocenters. The maximum Gasteiger partial charge on any atom is 0.119 e. The van der Waals surface area contributed by atoms with Crippen LogP contribution in [0.15, 0.2) is 48.5 Å². The lowest BCUT2D eigenvalue weighted by atomic mass is 9.93. The number of rotatable bonds is 4. The van der Waals surface area contributed by atoms with E-state index in [9.17, 15) is 0 Å². The van der Waals surface area contributed by atoms with E-state index in [2.05, 4.69) is 25.1 Å². The summed E-state index contributed by atoms with van der Waals surface area (Å²) in [6, 6.07) is 16.2. The van der Waals surface area contributed by atoms with Gasteiger partial charge in [0.25, 0.3) is 0 Å². The van der Waals surface area contributed by atoms with Crippen LogP contribution in [0.2, 0.25) is 5.02 Å². The standard InChI is InChI=1S/C16H17ClO/c1-3-18-14-10-8-13(9-11-14)12(2)15-6-4-5-7-16(15)17/h4-12H,3H2,1-2H3. The van der Waals surface area contributed by atoms with Crippen molar-refractivity contribution in [2.24, 2.45) is 0 Å². The molecule has 0 spiro atoms. The number of halogens is 1. The molecule has 0 bridgehead atoms. The third-order valence-corrected chi connectivity index (χ3v) is 3.41. The first-order valence-electron chi connectivity index (χ1n) is 6.19. The van der Waals surface area contributed by atoms with E-state index in [1.54, 1.807) is 0 Å². The molecule has 2 heteroatoms. The lowest BCUT2D eigenvalue weighted by molar-refractivity contribution is 0.340. The van der Waals surface area contributed by atoms with Gasteiger partial charge in [0.05, 0.1) is 6.61 Å². The van der Waals surface area contributed by atoms with E-state index in [-0.39, 0.29) is 5.92 Å². The molecule has 2 rings (SSSR count). The molecule has 2 aromatic rings. The zero-order chi connectivity index (χ0) is 13.0. The Balaban J connectivity index is 2.23. The molecule has 0 aliphatic rings. The fourth-order valence-electron chi connectivity index (χ4n) is 2.03. The zero-order valence-corrected chi connectivity index (χ0v) is 11.4. The monoisotopic (exact) mass is 260 g/mol. The van der Waals surface area contributed by atoms with Gasteiger partial charge in [-0.25, -0.2) is 0 Å². The molecule has 0 fully saturated rings. The van der Waals surface area contributed by atoms with Crippen LogP contribution in [0.1, 0.15) is 30.9 Å². The summed E-state index contributed by atoms with van der Waals surface area (Å²) in [5, 5.41) is 0.818. The highest BCUT2D eigenvalue weighted by Gasteiger charge is 2.11. The minimum absolute atomic E-state index is 0.286. The lowest BCUT2D eigenvalue weighted by Gasteiger charge is -2.14. The molecule has 1 nitrogen and oxygen atoms in total. The Morgan fingerprint density at radius 3 is 2.33 bits per heavy atom. The summed E-state index contributed by atoms with van der Waals surface area (Å²) in [5.74, 6) is 1.20. The fourth-order valence-corrected chi connectivity index (χ4v) is 2.32. The van der Waals surface area contributed by atoms with Gasteiger partial charge in [-0.05, 0) is 36.2 Å². The zero-order valence-electron chi connectivity index (χ0n) is 10.7. The van der Waals surface area contributed by atoms with E-state index in [0.29, 0.717) is 6.61 Å². The molecule has 1 atom stereocenters. The highest BCUT2D eigenvalue weighted by molar-refractivity contribution is 6.31. The Kier molecular flexibility index (Phi) is 4.27. The van der Waals surface area contributed by atoms with Gasteiger partial charge in [-0.3, -0.25) is 0 Å². The summed E-state index contributed by atoms with van der Waals surface area (Å²) in [4.78, 5) is 0. The van der Waals surface area contributed by atoms with Crippen molar-refractivity contribution in [1.82, 2.24) is 0 Å². The quantitative estimate of drug-likeness (QED) is 0.760. The van der Waals surface area contributed by atoms with Crippen LogP contribution in [0.4, 0.5) is 0 Å². The fraction of sp³-hybridized carbons (Fsp3) is 0.250. The molecule has 0 heterocycles. The van der Waals surface area contributed by atoms with Gasteiger partial charge in [0.15, 0.2) is 0 Å². The maximum atomic E-state index is 6.23. The molecule has 0 saturated heterocycles. The summed E-state index contributed by atoms with van der Waals surface area (Å²) in [6.45, 7) is 4.84. The predicted octanol–water partition coefficient (Wildman–Crippen LogP) is 4.89. The minimum Gasteiger partial charge on any atom is -0.494 e. The molecule has 0 aromatic heterocycles. The maximum absolute atomic E-state index is 6.23. The molecule has 0 amide bonds. The van der Waals surface area contributed by atoms with E-state index < -0.39 is 0 Å². The molecular formula is C16H17ClO. The van der Waals surface area contributed by atoms with Crippen molar-refractivity contribution >= 4 is 11.6 Å². The number of hydrogen-bond donors (Lipinski definition) is 0. The molecule has 0 aliphatic heterocycles. The van der Waals surface area contributed by atoms with Crippen LogP contribution in [0, 0.1) is 0 Å². The molecule has 0 saturated carbocycles. The molecule has 0 aliphatic carbocycles. The smallest absolute Gasteiger partial charge is 0.119 e. The van der Waals surface area contributed by atoms with Crippen molar-refractivity contribution in [3.05, 3.63) is 64.7 Å².